The Labute approximate surface area is 192 Å². The van der Waals surface area contributed by atoms with E-state index in [1.807, 2.05) is 0 Å². The molecule has 1 aromatic heterocycles. The van der Waals surface area contributed by atoms with Crippen LogP contribution in [0.1, 0.15) is 23.0 Å². The predicted molar refractivity (Wildman–Crippen MR) is 120 cm³/mol. The summed E-state index contributed by atoms with van der Waals surface area (Å²) in [6.07, 6.45) is 0. The van der Waals surface area contributed by atoms with Crippen molar-refractivity contribution in [3.8, 4) is 22.4 Å². The molecule has 10 heteroatoms. The van der Waals surface area contributed by atoms with Crippen molar-refractivity contribution in [2.24, 2.45) is 0 Å². The van der Waals surface area contributed by atoms with Gasteiger partial charge in [-0.05, 0) is 38.1 Å². The third-order valence-electron chi connectivity index (χ3n) is 5.05. The molecule has 2 aromatic carbocycles. The van der Waals surface area contributed by atoms with Crippen molar-refractivity contribution >= 4 is 34.9 Å². The number of benzene rings is 2. The van der Waals surface area contributed by atoms with Crippen molar-refractivity contribution in [2.45, 2.75) is 20.4 Å². The highest BCUT2D eigenvalue weighted by Gasteiger charge is 2.28. The number of hydrogen-bond acceptors (Lipinski definition) is 5. The van der Waals surface area contributed by atoms with Gasteiger partial charge < -0.3 is 9.30 Å². The molecule has 0 aliphatic carbocycles. The van der Waals surface area contributed by atoms with Gasteiger partial charge in [0.2, 0.25) is 5.43 Å². The second-order valence-electron chi connectivity index (χ2n) is 6.80. The number of nitro groups is 1. The highest BCUT2D eigenvalue weighted by atomic mass is 35.5. The molecule has 3 aromatic rings. The molecular weight excluding hydrogens is 462 g/mol. The molecule has 0 unspecified atom stereocenters. The summed E-state index contributed by atoms with van der Waals surface area (Å²) in [6.45, 7) is 3.63. The van der Waals surface area contributed by atoms with Crippen molar-refractivity contribution in [1.29, 1.82) is 0 Å². The number of halogens is 3. The smallest absolute Gasteiger partial charge is 0.344 e. The van der Waals surface area contributed by atoms with E-state index in [9.17, 15) is 24.1 Å². The summed E-state index contributed by atoms with van der Waals surface area (Å²) < 4.78 is 21.2. The van der Waals surface area contributed by atoms with Gasteiger partial charge in [0.05, 0.1) is 23.3 Å². The largest absolute Gasteiger partial charge is 0.465 e. The lowest BCUT2D eigenvalue weighted by molar-refractivity contribution is -0.384. The van der Waals surface area contributed by atoms with Crippen LogP contribution in [0.25, 0.3) is 22.4 Å². The zero-order chi connectivity index (χ0) is 23.7. The molecule has 0 aliphatic rings. The quantitative estimate of drug-likeness (QED) is 0.268. The minimum absolute atomic E-state index is 0.0297. The first-order valence-electron chi connectivity index (χ1n) is 9.37. The van der Waals surface area contributed by atoms with Crippen LogP contribution in [0.4, 0.5) is 10.1 Å². The molecule has 0 saturated carbocycles. The number of pyridine rings is 1. The van der Waals surface area contributed by atoms with Gasteiger partial charge in [-0.1, -0.05) is 29.3 Å². The average molecular weight is 479 g/mol. The first-order chi connectivity index (χ1) is 15.1. The lowest BCUT2D eigenvalue weighted by Gasteiger charge is -2.22. The van der Waals surface area contributed by atoms with Crippen LogP contribution >= 0.6 is 23.2 Å². The lowest BCUT2D eigenvalue weighted by atomic mass is 9.95. The third-order valence-corrected chi connectivity index (χ3v) is 5.60. The summed E-state index contributed by atoms with van der Waals surface area (Å²) in [7, 11) is 1.11. The number of carbonyl (C=O) groups excluding carboxylic acids is 1. The molecule has 0 saturated heterocycles. The monoisotopic (exact) mass is 478 g/mol. The fraction of sp³-hybridized carbons (Fsp3) is 0.182. The molecule has 0 radical (unpaired) electrons. The molecule has 0 fully saturated rings. The molecule has 166 valence electrons. The maximum absolute atomic E-state index is 14.7. The van der Waals surface area contributed by atoms with Crippen LogP contribution < -0.4 is 5.43 Å². The Balaban J connectivity index is 2.50. The van der Waals surface area contributed by atoms with Crippen molar-refractivity contribution < 1.29 is 18.8 Å². The number of nitro benzene ring substituents is 1. The van der Waals surface area contributed by atoms with Crippen molar-refractivity contribution in [1.82, 2.24) is 4.57 Å². The normalized spacial score (nSPS) is 10.8. The zero-order valence-corrected chi connectivity index (χ0v) is 18.8. The summed E-state index contributed by atoms with van der Waals surface area (Å²) in [5.74, 6) is -1.69. The first-order valence-corrected chi connectivity index (χ1v) is 10.1. The number of carbonyl (C=O) groups is 1. The van der Waals surface area contributed by atoms with Gasteiger partial charge in [-0.25, -0.2) is 9.18 Å². The molecular formula is C22H17Cl2FN2O5. The van der Waals surface area contributed by atoms with E-state index < -0.39 is 22.1 Å². The van der Waals surface area contributed by atoms with Gasteiger partial charge in [-0.3, -0.25) is 14.9 Å². The Morgan fingerprint density at radius 2 is 1.91 bits per heavy atom. The van der Waals surface area contributed by atoms with Gasteiger partial charge in [0.1, 0.15) is 16.4 Å². The van der Waals surface area contributed by atoms with Gasteiger partial charge >= 0.3 is 5.97 Å². The molecule has 0 spiro atoms. The van der Waals surface area contributed by atoms with E-state index in [1.165, 1.54) is 30.3 Å². The summed E-state index contributed by atoms with van der Waals surface area (Å²) in [6, 6.07) is 7.81. The fourth-order valence-electron chi connectivity index (χ4n) is 3.63. The second-order valence-corrected chi connectivity index (χ2v) is 7.64. The Bertz CT molecular complexity index is 1320. The van der Waals surface area contributed by atoms with Crippen molar-refractivity contribution in [2.75, 3.05) is 7.11 Å². The Hall–Kier alpha value is -3.23. The number of ether oxygens (including phenoxy) is 1. The topological polar surface area (TPSA) is 91.4 Å². The van der Waals surface area contributed by atoms with Crippen LogP contribution in [0.15, 0.2) is 41.2 Å². The van der Waals surface area contributed by atoms with Gasteiger partial charge in [0.15, 0.2) is 0 Å². The maximum Gasteiger partial charge on any atom is 0.344 e. The number of aromatic nitrogens is 1. The maximum atomic E-state index is 14.7. The summed E-state index contributed by atoms with van der Waals surface area (Å²) >= 11 is 11.8. The summed E-state index contributed by atoms with van der Waals surface area (Å²) in [4.78, 5) is 36.9. The van der Waals surface area contributed by atoms with Crippen LogP contribution in [0.5, 0.6) is 0 Å². The molecule has 3 rings (SSSR count). The predicted octanol–water partition coefficient (Wildman–Crippen LogP) is 5.65. The lowest BCUT2D eigenvalue weighted by Crippen LogP contribution is -2.26. The summed E-state index contributed by atoms with van der Waals surface area (Å²) in [5.41, 5.74) is -0.911. The van der Waals surface area contributed by atoms with E-state index in [0.717, 1.165) is 13.2 Å². The minimum atomic E-state index is -0.958. The van der Waals surface area contributed by atoms with Crippen LogP contribution in [0, 0.1) is 22.9 Å². The van der Waals surface area contributed by atoms with Gasteiger partial charge in [-0.15, -0.1) is 0 Å². The van der Waals surface area contributed by atoms with E-state index in [2.05, 4.69) is 0 Å². The van der Waals surface area contributed by atoms with E-state index in [1.54, 1.807) is 18.4 Å². The van der Waals surface area contributed by atoms with Gasteiger partial charge in [0.25, 0.3) is 5.69 Å². The number of esters is 1. The highest BCUT2D eigenvalue weighted by Crippen LogP contribution is 2.35. The number of nitrogens with zero attached hydrogens (tertiary/aromatic N) is 2. The number of hydrogen-bond donors (Lipinski definition) is 0. The fourth-order valence-corrected chi connectivity index (χ4v) is 3.98. The zero-order valence-electron chi connectivity index (χ0n) is 17.2. The second kappa shape index (κ2) is 9.10. The molecule has 32 heavy (non-hydrogen) atoms. The Kier molecular flexibility index (Phi) is 6.66. The van der Waals surface area contributed by atoms with Crippen LogP contribution in [0.2, 0.25) is 10.0 Å². The molecule has 0 amide bonds. The van der Waals surface area contributed by atoms with Gasteiger partial charge in [0, 0.05) is 34.5 Å². The van der Waals surface area contributed by atoms with E-state index >= 15 is 0 Å². The van der Waals surface area contributed by atoms with Crippen LogP contribution in [-0.4, -0.2) is 22.6 Å². The molecule has 1 heterocycles. The minimum Gasteiger partial charge on any atom is -0.465 e. The van der Waals surface area contributed by atoms with Crippen molar-refractivity contribution in [3.05, 3.63) is 83.9 Å². The third kappa shape index (κ3) is 3.99. The van der Waals surface area contributed by atoms with Crippen LogP contribution in [-0.2, 0) is 11.3 Å². The number of rotatable bonds is 5. The molecule has 7 nitrogen and oxygen atoms in total. The molecule has 0 N–H and O–H groups in total. The SMILES string of the molecule is CCn1c(C)c(-c2ccc(Cl)cc2F)c(=O)c(C(=O)OC)c1-c1ccc(Cl)c([N+](=O)[O-])c1. The van der Waals surface area contributed by atoms with Crippen molar-refractivity contribution in [3.63, 3.8) is 0 Å². The Morgan fingerprint density at radius 1 is 1.22 bits per heavy atom. The average Bonchev–Trinajstić information content (AvgIpc) is 2.74. The molecule has 0 atom stereocenters. The van der Waals surface area contributed by atoms with E-state index in [0.29, 0.717) is 5.69 Å². The Morgan fingerprint density at radius 3 is 2.47 bits per heavy atom. The number of methoxy groups -OCH3 is 1. The first kappa shape index (κ1) is 23.4. The summed E-state index contributed by atoms with van der Waals surface area (Å²) in [5, 5.41) is 11.4. The van der Waals surface area contributed by atoms with E-state index in [4.69, 9.17) is 27.9 Å². The highest BCUT2D eigenvalue weighted by molar-refractivity contribution is 6.32. The van der Waals surface area contributed by atoms with Crippen LogP contribution in [0.3, 0.4) is 0 Å². The standard InChI is InChI=1S/C22H17Cl2FN2O5/c1-4-26-11(2)18(14-7-6-13(23)10-16(14)25)21(28)19(22(29)32-3)20(26)12-5-8-15(24)17(9-12)27(30)31/h5-10H,4H2,1-3H3. The van der Waals surface area contributed by atoms with E-state index in [-0.39, 0.29) is 50.2 Å². The molecule has 0 aliphatic heterocycles. The molecule has 0 bridgehead atoms. The van der Waals surface area contributed by atoms with Gasteiger partial charge in [-0.2, -0.15) is 0 Å².